The Morgan fingerprint density at radius 2 is 1.87 bits per heavy atom. The first-order valence-electron chi connectivity index (χ1n) is 12.3. The molecule has 0 radical (unpaired) electrons. The Balaban J connectivity index is 1.41. The molecule has 7 nitrogen and oxygen atoms in total. The fourth-order valence-corrected chi connectivity index (χ4v) is 6.65. The summed E-state index contributed by atoms with van der Waals surface area (Å²) in [6.45, 7) is 1.94. The maximum atomic E-state index is 15.2. The molecular formula is C29H22FN3O4S2. The van der Waals surface area contributed by atoms with E-state index >= 15 is 4.39 Å². The number of fused-ring (bicyclic) bond motifs is 1. The summed E-state index contributed by atoms with van der Waals surface area (Å²) in [6.07, 6.45) is 0.642. The summed E-state index contributed by atoms with van der Waals surface area (Å²) in [5.41, 5.74) is 2.20. The largest absolute Gasteiger partial charge is 0.507 e. The molecule has 1 fully saturated rings. The van der Waals surface area contributed by atoms with Gasteiger partial charge in [-0.05, 0) is 42.3 Å². The van der Waals surface area contributed by atoms with Crippen molar-refractivity contribution in [2.24, 2.45) is 0 Å². The second kappa shape index (κ2) is 10.3. The van der Waals surface area contributed by atoms with Crippen LogP contribution in [0, 0.1) is 5.82 Å². The molecule has 196 valence electrons. The molecule has 4 aromatic rings. The lowest BCUT2D eigenvalue weighted by atomic mass is 9.94. The fourth-order valence-electron chi connectivity index (χ4n) is 4.82. The van der Waals surface area contributed by atoms with Gasteiger partial charge < -0.3 is 9.84 Å². The third-order valence-electron chi connectivity index (χ3n) is 6.62. The number of ketones is 1. The van der Waals surface area contributed by atoms with Crippen molar-refractivity contribution in [2.75, 3.05) is 4.90 Å². The molecule has 0 aliphatic carbocycles. The van der Waals surface area contributed by atoms with Gasteiger partial charge in [0, 0.05) is 23.3 Å². The average molecular weight is 560 g/mol. The van der Waals surface area contributed by atoms with Crippen molar-refractivity contribution < 1.29 is 23.8 Å². The zero-order chi connectivity index (χ0) is 27.1. The Morgan fingerprint density at radius 3 is 2.67 bits per heavy atom. The second-order valence-corrected chi connectivity index (χ2v) is 11.4. The Kier molecular flexibility index (Phi) is 6.66. The molecule has 1 N–H and O–H groups in total. The number of aromatic nitrogens is 2. The van der Waals surface area contributed by atoms with Crippen LogP contribution in [0.2, 0.25) is 0 Å². The highest BCUT2D eigenvalue weighted by Crippen LogP contribution is 2.45. The molecule has 39 heavy (non-hydrogen) atoms. The van der Waals surface area contributed by atoms with Crippen molar-refractivity contribution in [1.29, 1.82) is 0 Å². The van der Waals surface area contributed by atoms with Gasteiger partial charge >= 0.3 is 5.91 Å². The quantitative estimate of drug-likeness (QED) is 0.103. The second-order valence-electron chi connectivity index (χ2n) is 9.27. The van der Waals surface area contributed by atoms with Crippen molar-refractivity contribution in [2.45, 2.75) is 35.6 Å². The molecule has 3 heterocycles. The summed E-state index contributed by atoms with van der Waals surface area (Å²) in [5.74, 6) is -1.46. The Bertz CT molecular complexity index is 1620. The van der Waals surface area contributed by atoms with Crippen molar-refractivity contribution in [3.8, 4) is 5.75 Å². The number of anilines is 1. The van der Waals surface area contributed by atoms with Crippen LogP contribution in [0.25, 0.3) is 5.76 Å². The third kappa shape index (κ3) is 4.70. The number of halogens is 1. The summed E-state index contributed by atoms with van der Waals surface area (Å²) >= 11 is 2.58. The van der Waals surface area contributed by atoms with Crippen LogP contribution in [0.15, 0.2) is 82.7 Å². The third-order valence-corrected chi connectivity index (χ3v) is 8.75. The van der Waals surface area contributed by atoms with Crippen LogP contribution < -0.4 is 9.64 Å². The molecule has 0 bridgehead atoms. The van der Waals surface area contributed by atoms with E-state index in [9.17, 15) is 14.7 Å². The summed E-state index contributed by atoms with van der Waals surface area (Å²) in [6, 6.07) is 19.6. The maximum absolute atomic E-state index is 15.2. The molecule has 3 aromatic carbocycles. The number of rotatable bonds is 6. The smallest absolute Gasteiger partial charge is 0.301 e. The standard InChI is InChI=1S/C29H22FN3O4S2/c1-16-13-19-14-18(11-12-22(19)37-16)25(34)23-24(20-9-5-6-10-21(20)30)33(27(36)26(23)35)28-31-32-29(39-28)38-15-17-7-3-2-4-8-17/h2-12,14,16,24,34H,13,15H2,1H3/b25-23+/t16-,24-/m0/s1. The van der Waals surface area contributed by atoms with Gasteiger partial charge in [0.2, 0.25) is 5.13 Å². The molecule has 1 amide bonds. The van der Waals surface area contributed by atoms with E-state index in [4.69, 9.17) is 4.74 Å². The van der Waals surface area contributed by atoms with E-state index in [0.717, 1.165) is 27.4 Å². The number of carbonyl (C=O) groups excluding carboxylic acids is 2. The minimum absolute atomic E-state index is 0.00671. The number of amides is 1. The lowest BCUT2D eigenvalue weighted by Gasteiger charge is -2.22. The van der Waals surface area contributed by atoms with E-state index in [-0.39, 0.29) is 28.1 Å². The molecule has 2 aliphatic rings. The SMILES string of the molecule is C[C@H]1Cc2cc(/C(O)=C3\C(=O)C(=O)N(c4nnc(SCc5ccccc5)s4)[C@H]3c3ccccc3F)ccc2O1. The van der Waals surface area contributed by atoms with E-state index in [0.29, 0.717) is 27.8 Å². The summed E-state index contributed by atoms with van der Waals surface area (Å²) < 4.78 is 21.5. The van der Waals surface area contributed by atoms with Crippen molar-refractivity contribution in [1.82, 2.24) is 10.2 Å². The van der Waals surface area contributed by atoms with E-state index in [1.54, 1.807) is 24.3 Å². The van der Waals surface area contributed by atoms with Gasteiger partial charge in [-0.15, -0.1) is 10.2 Å². The lowest BCUT2D eigenvalue weighted by molar-refractivity contribution is -0.132. The van der Waals surface area contributed by atoms with Gasteiger partial charge in [0.05, 0.1) is 5.57 Å². The predicted molar refractivity (Wildman–Crippen MR) is 147 cm³/mol. The van der Waals surface area contributed by atoms with Gasteiger partial charge in [-0.25, -0.2) is 4.39 Å². The van der Waals surface area contributed by atoms with Crippen molar-refractivity contribution in [3.05, 3.63) is 106 Å². The Labute approximate surface area is 232 Å². The molecule has 2 atom stereocenters. The van der Waals surface area contributed by atoms with Crippen LogP contribution in [0.5, 0.6) is 5.75 Å². The number of aliphatic hydroxyl groups excluding tert-OH is 1. The first-order chi connectivity index (χ1) is 18.9. The number of nitrogens with zero attached hydrogens (tertiary/aromatic N) is 3. The van der Waals surface area contributed by atoms with Gasteiger partial charge in [-0.3, -0.25) is 14.5 Å². The number of ether oxygens (including phenoxy) is 1. The highest BCUT2D eigenvalue weighted by molar-refractivity contribution is 8.00. The number of hydrogen-bond acceptors (Lipinski definition) is 8. The van der Waals surface area contributed by atoms with Crippen molar-refractivity contribution >= 4 is 45.7 Å². The van der Waals surface area contributed by atoms with E-state index in [1.807, 2.05) is 37.3 Å². The number of benzene rings is 3. The van der Waals surface area contributed by atoms with Crippen LogP contribution in [0.1, 0.15) is 35.2 Å². The average Bonchev–Trinajstić information content (AvgIpc) is 3.63. The Morgan fingerprint density at radius 1 is 1.10 bits per heavy atom. The number of hydrogen-bond donors (Lipinski definition) is 1. The summed E-state index contributed by atoms with van der Waals surface area (Å²) in [4.78, 5) is 27.9. The van der Waals surface area contributed by atoms with Crippen molar-refractivity contribution in [3.63, 3.8) is 0 Å². The summed E-state index contributed by atoms with van der Waals surface area (Å²) in [5, 5.41) is 19.9. The molecule has 1 saturated heterocycles. The zero-order valence-electron chi connectivity index (χ0n) is 20.7. The van der Waals surface area contributed by atoms with E-state index in [2.05, 4.69) is 10.2 Å². The molecule has 0 spiro atoms. The molecule has 2 aliphatic heterocycles. The first kappa shape index (κ1) is 25.3. The van der Waals surface area contributed by atoms with Crippen LogP contribution >= 0.6 is 23.1 Å². The van der Waals surface area contributed by atoms with Gasteiger partial charge in [0.25, 0.3) is 5.78 Å². The Hall–Kier alpha value is -4.02. The minimum Gasteiger partial charge on any atom is -0.507 e. The van der Waals surface area contributed by atoms with Crippen LogP contribution in [0.4, 0.5) is 9.52 Å². The van der Waals surface area contributed by atoms with Crippen LogP contribution in [-0.4, -0.2) is 33.1 Å². The van der Waals surface area contributed by atoms with Gasteiger partial charge in [-0.2, -0.15) is 0 Å². The number of Topliss-reactive ketones (excluding diaryl/α,β-unsaturated/α-hetero) is 1. The van der Waals surface area contributed by atoms with Gasteiger partial charge in [0.15, 0.2) is 4.34 Å². The molecule has 0 unspecified atom stereocenters. The predicted octanol–water partition coefficient (Wildman–Crippen LogP) is 5.92. The van der Waals surface area contributed by atoms with E-state index in [1.165, 1.54) is 30.0 Å². The van der Waals surface area contributed by atoms with Crippen LogP contribution in [0.3, 0.4) is 0 Å². The normalized spacial score (nSPS) is 19.8. The monoisotopic (exact) mass is 559 g/mol. The fraction of sp³-hybridized carbons (Fsp3) is 0.172. The first-order valence-corrected chi connectivity index (χ1v) is 14.1. The number of carbonyl (C=O) groups is 2. The molecule has 0 saturated carbocycles. The number of aliphatic hydroxyl groups is 1. The van der Waals surface area contributed by atoms with Gasteiger partial charge in [-0.1, -0.05) is 71.6 Å². The summed E-state index contributed by atoms with van der Waals surface area (Å²) in [7, 11) is 0. The highest BCUT2D eigenvalue weighted by atomic mass is 32.2. The number of thioether (sulfide) groups is 1. The van der Waals surface area contributed by atoms with E-state index < -0.39 is 23.5 Å². The molecule has 1 aromatic heterocycles. The molecular weight excluding hydrogens is 537 g/mol. The lowest BCUT2D eigenvalue weighted by Crippen LogP contribution is -2.29. The molecule has 6 rings (SSSR count). The van der Waals surface area contributed by atoms with Gasteiger partial charge in [0.1, 0.15) is 29.5 Å². The molecule has 10 heteroatoms. The minimum atomic E-state index is -1.21. The van der Waals surface area contributed by atoms with Crippen LogP contribution in [-0.2, 0) is 21.8 Å². The zero-order valence-corrected chi connectivity index (χ0v) is 22.3. The maximum Gasteiger partial charge on any atom is 0.301 e. The highest BCUT2D eigenvalue weighted by Gasteiger charge is 2.49. The topological polar surface area (TPSA) is 92.6 Å².